The standard InChI is InChI=1S/C17H18N4O3/c1-11-6-7-15(21-20-11)18-8-9-19-16(22)14-10-12-4-2-3-5-13(12)17(23)24-14/h2-7,14H,8-10H2,1H3,(H,18,21)(H,19,22). The molecule has 2 heterocycles. The smallest absolute Gasteiger partial charge is 0.339 e. The number of hydrogen-bond donors (Lipinski definition) is 2. The minimum absolute atomic E-state index is 0.297. The van der Waals surface area contributed by atoms with Crippen molar-refractivity contribution < 1.29 is 14.3 Å². The Morgan fingerprint density at radius 2 is 2.04 bits per heavy atom. The summed E-state index contributed by atoms with van der Waals surface area (Å²) in [6.07, 6.45) is -0.392. The number of anilines is 1. The molecule has 0 fully saturated rings. The molecule has 7 heteroatoms. The highest BCUT2D eigenvalue weighted by atomic mass is 16.5. The number of hydrogen-bond acceptors (Lipinski definition) is 6. The van der Waals surface area contributed by atoms with E-state index in [1.807, 2.05) is 31.2 Å². The quantitative estimate of drug-likeness (QED) is 0.631. The zero-order chi connectivity index (χ0) is 16.9. The van der Waals surface area contributed by atoms with Gasteiger partial charge in [-0.3, -0.25) is 4.79 Å². The molecule has 1 aromatic heterocycles. The van der Waals surface area contributed by atoms with Crippen molar-refractivity contribution in [2.24, 2.45) is 0 Å². The van der Waals surface area contributed by atoms with Gasteiger partial charge >= 0.3 is 5.97 Å². The van der Waals surface area contributed by atoms with Crippen molar-refractivity contribution >= 4 is 17.7 Å². The van der Waals surface area contributed by atoms with E-state index in [4.69, 9.17) is 4.74 Å². The van der Waals surface area contributed by atoms with Gasteiger partial charge < -0.3 is 15.4 Å². The number of rotatable bonds is 5. The molecule has 1 aliphatic heterocycles. The average Bonchev–Trinajstić information content (AvgIpc) is 2.60. The van der Waals surface area contributed by atoms with Crippen LogP contribution in [0.2, 0.25) is 0 Å². The highest BCUT2D eigenvalue weighted by molar-refractivity contribution is 5.95. The lowest BCUT2D eigenvalue weighted by Crippen LogP contribution is -2.43. The molecule has 2 aromatic rings. The SMILES string of the molecule is Cc1ccc(NCCNC(=O)C2Cc3ccccc3C(=O)O2)nn1. The summed E-state index contributed by atoms with van der Waals surface area (Å²) in [5.41, 5.74) is 2.20. The van der Waals surface area contributed by atoms with E-state index in [0.717, 1.165) is 11.3 Å². The molecular weight excluding hydrogens is 308 g/mol. The summed E-state index contributed by atoms with van der Waals surface area (Å²) in [6.45, 7) is 2.76. The lowest BCUT2D eigenvalue weighted by molar-refractivity contribution is -0.130. The fraction of sp³-hybridized carbons (Fsp3) is 0.294. The van der Waals surface area contributed by atoms with Crippen LogP contribution in [0.4, 0.5) is 5.82 Å². The molecule has 7 nitrogen and oxygen atoms in total. The van der Waals surface area contributed by atoms with E-state index >= 15 is 0 Å². The fourth-order valence-electron chi connectivity index (χ4n) is 2.46. The van der Waals surface area contributed by atoms with Crippen LogP contribution in [0.1, 0.15) is 21.6 Å². The number of fused-ring (bicyclic) bond motifs is 1. The number of esters is 1. The Morgan fingerprint density at radius 1 is 1.21 bits per heavy atom. The maximum atomic E-state index is 12.2. The number of amides is 1. The van der Waals surface area contributed by atoms with Crippen LogP contribution < -0.4 is 10.6 Å². The molecule has 1 aliphatic rings. The molecule has 24 heavy (non-hydrogen) atoms. The summed E-state index contributed by atoms with van der Waals surface area (Å²) in [5, 5.41) is 13.7. The van der Waals surface area contributed by atoms with Gasteiger partial charge in [-0.25, -0.2) is 4.79 Å². The molecule has 0 bridgehead atoms. The molecule has 124 valence electrons. The zero-order valence-electron chi connectivity index (χ0n) is 13.3. The Hall–Kier alpha value is -2.96. The van der Waals surface area contributed by atoms with Gasteiger partial charge in [-0.15, -0.1) is 5.10 Å². The predicted octanol–water partition coefficient (Wildman–Crippen LogP) is 1.09. The molecule has 0 saturated carbocycles. The summed E-state index contributed by atoms with van der Waals surface area (Å²) in [5.74, 6) is -0.104. The Labute approximate surface area is 139 Å². The normalized spacial score (nSPS) is 16.0. The van der Waals surface area contributed by atoms with E-state index in [1.165, 1.54) is 0 Å². The lowest BCUT2D eigenvalue weighted by Gasteiger charge is -2.23. The first kappa shape index (κ1) is 15.9. The van der Waals surface area contributed by atoms with Crippen molar-refractivity contribution in [2.75, 3.05) is 18.4 Å². The van der Waals surface area contributed by atoms with Gasteiger partial charge in [-0.05, 0) is 30.7 Å². The van der Waals surface area contributed by atoms with Gasteiger partial charge in [0.15, 0.2) is 6.10 Å². The second-order valence-corrected chi connectivity index (χ2v) is 5.53. The molecule has 1 unspecified atom stereocenters. The molecule has 3 rings (SSSR count). The monoisotopic (exact) mass is 326 g/mol. The summed E-state index contributed by atoms with van der Waals surface area (Å²) >= 11 is 0. The van der Waals surface area contributed by atoms with Crippen LogP contribution in [0, 0.1) is 6.92 Å². The Bertz CT molecular complexity index is 746. The highest BCUT2D eigenvalue weighted by Gasteiger charge is 2.30. The molecule has 1 aromatic carbocycles. The van der Waals surface area contributed by atoms with E-state index in [-0.39, 0.29) is 5.91 Å². The lowest BCUT2D eigenvalue weighted by atomic mass is 9.98. The Kier molecular flexibility index (Phi) is 4.69. The van der Waals surface area contributed by atoms with Crippen LogP contribution in [-0.4, -0.2) is 41.3 Å². The fourth-order valence-corrected chi connectivity index (χ4v) is 2.46. The number of aryl methyl sites for hydroxylation is 1. The number of cyclic esters (lactones) is 1. The Balaban J connectivity index is 1.47. The topological polar surface area (TPSA) is 93.2 Å². The van der Waals surface area contributed by atoms with Crippen molar-refractivity contribution in [3.63, 3.8) is 0 Å². The van der Waals surface area contributed by atoms with Crippen LogP contribution >= 0.6 is 0 Å². The van der Waals surface area contributed by atoms with E-state index in [2.05, 4.69) is 20.8 Å². The maximum Gasteiger partial charge on any atom is 0.339 e. The van der Waals surface area contributed by atoms with Crippen molar-refractivity contribution in [1.29, 1.82) is 0 Å². The summed E-state index contributed by atoms with van der Waals surface area (Å²) < 4.78 is 5.21. The van der Waals surface area contributed by atoms with Crippen molar-refractivity contribution in [3.05, 3.63) is 53.2 Å². The summed E-state index contributed by atoms with van der Waals surface area (Å²) in [6, 6.07) is 10.8. The van der Waals surface area contributed by atoms with Crippen LogP contribution in [-0.2, 0) is 16.0 Å². The van der Waals surface area contributed by atoms with Gasteiger partial charge in [0.25, 0.3) is 5.91 Å². The van der Waals surface area contributed by atoms with Crippen LogP contribution in [0.5, 0.6) is 0 Å². The first-order chi connectivity index (χ1) is 11.6. The number of aromatic nitrogens is 2. The average molecular weight is 326 g/mol. The van der Waals surface area contributed by atoms with Gasteiger partial charge in [0, 0.05) is 19.5 Å². The molecule has 0 radical (unpaired) electrons. The number of carbonyl (C=O) groups is 2. The van der Waals surface area contributed by atoms with Gasteiger partial charge in [0.1, 0.15) is 5.82 Å². The van der Waals surface area contributed by atoms with Gasteiger partial charge in [0.2, 0.25) is 0 Å². The molecule has 0 spiro atoms. The minimum atomic E-state index is -0.786. The molecule has 0 saturated heterocycles. The van der Waals surface area contributed by atoms with E-state index in [0.29, 0.717) is 30.9 Å². The van der Waals surface area contributed by atoms with Crippen LogP contribution in [0.3, 0.4) is 0 Å². The maximum absolute atomic E-state index is 12.2. The second-order valence-electron chi connectivity index (χ2n) is 5.53. The molecule has 0 aliphatic carbocycles. The zero-order valence-corrected chi connectivity index (χ0v) is 13.3. The first-order valence-corrected chi connectivity index (χ1v) is 7.74. The van der Waals surface area contributed by atoms with Crippen molar-refractivity contribution in [1.82, 2.24) is 15.5 Å². The predicted molar refractivity (Wildman–Crippen MR) is 87.6 cm³/mol. The Morgan fingerprint density at radius 3 is 2.83 bits per heavy atom. The molecule has 1 amide bonds. The molecule has 1 atom stereocenters. The highest BCUT2D eigenvalue weighted by Crippen LogP contribution is 2.20. The van der Waals surface area contributed by atoms with E-state index in [9.17, 15) is 9.59 Å². The summed E-state index contributed by atoms with van der Waals surface area (Å²) in [4.78, 5) is 24.1. The van der Waals surface area contributed by atoms with Crippen molar-refractivity contribution in [2.45, 2.75) is 19.4 Å². The second kappa shape index (κ2) is 7.08. The van der Waals surface area contributed by atoms with Crippen molar-refractivity contribution in [3.8, 4) is 0 Å². The van der Waals surface area contributed by atoms with Gasteiger partial charge in [-0.1, -0.05) is 18.2 Å². The minimum Gasteiger partial charge on any atom is -0.448 e. The van der Waals surface area contributed by atoms with Gasteiger partial charge in [-0.2, -0.15) is 5.10 Å². The number of nitrogens with zero attached hydrogens (tertiary/aromatic N) is 2. The largest absolute Gasteiger partial charge is 0.448 e. The van der Waals surface area contributed by atoms with Crippen LogP contribution in [0.25, 0.3) is 0 Å². The van der Waals surface area contributed by atoms with E-state index < -0.39 is 12.1 Å². The third-order valence-corrected chi connectivity index (χ3v) is 3.71. The number of benzene rings is 1. The third-order valence-electron chi connectivity index (χ3n) is 3.71. The van der Waals surface area contributed by atoms with Crippen LogP contribution in [0.15, 0.2) is 36.4 Å². The molecular formula is C17H18N4O3. The number of nitrogens with one attached hydrogen (secondary N) is 2. The van der Waals surface area contributed by atoms with E-state index in [1.54, 1.807) is 12.1 Å². The first-order valence-electron chi connectivity index (χ1n) is 7.74. The number of ether oxygens (including phenoxy) is 1. The third kappa shape index (κ3) is 3.68. The molecule has 2 N–H and O–H groups in total. The van der Waals surface area contributed by atoms with Gasteiger partial charge in [0.05, 0.1) is 11.3 Å². The number of carbonyl (C=O) groups excluding carboxylic acids is 2. The summed E-state index contributed by atoms with van der Waals surface area (Å²) in [7, 11) is 0.